The zero-order valence-electron chi connectivity index (χ0n) is 9.96. The minimum absolute atomic E-state index is 0.0435. The van der Waals surface area contributed by atoms with Crippen LogP contribution >= 0.6 is 0 Å². The number of carboxylic acid groups (broad SMARTS) is 1. The normalized spacial score (nSPS) is 22.5. The molecule has 0 spiro atoms. The van der Waals surface area contributed by atoms with Gasteiger partial charge < -0.3 is 9.84 Å². The molecule has 7 heteroatoms. The number of aliphatic carboxylic acids is 1. The van der Waals surface area contributed by atoms with Crippen molar-refractivity contribution in [1.29, 1.82) is 0 Å². The molecule has 0 aliphatic carbocycles. The Bertz CT molecular complexity index is 354. The Kier molecular flexibility index (Phi) is 5.35. The first-order valence-electron chi connectivity index (χ1n) is 5.68. The van der Waals surface area contributed by atoms with Crippen LogP contribution in [0.15, 0.2) is 0 Å². The highest BCUT2D eigenvalue weighted by Crippen LogP contribution is 2.16. The molecule has 0 radical (unpaired) electrons. The largest absolute Gasteiger partial charge is 0.481 e. The smallest absolute Gasteiger partial charge is 0.303 e. The predicted molar refractivity (Wildman–Crippen MR) is 62.3 cm³/mol. The monoisotopic (exact) mass is 265 g/mol. The van der Waals surface area contributed by atoms with E-state index in [1.54, 1.807) is 7.11 Å². The summed E-state index contributed by atoms with van der Waals surface area (Å²) in [5.41, 5.74) is 0. The van der Waals surface area contributed by atoms with Gasteiger partial charge >= 0.3 is 5.97 Å². The van der Waals surface area contributed by atoms with Crippen molar-refractivity contribution in [2.45, 2.75) is 31.8 Å². The molecule has 17 heavy (non-hydrogen) atoms. The number of hydrogen-bond donors (Lipinski definition) is 1. The maximum absolute atomic E-state index is 11.9. The molecule has 1 unspecified atom stereocenters. The number of ether oxygens (including phenoxy) is 1. The van der Waals surface area contributed by atoms with Gasteiger partial charge in [0.15, 0.2) is 0 Å². The molecule has 1 saturated heterocycles. The summed E-state index contributed by atoms with van der Waals surface area (Å²) in [7, 11) is -1.76. The summed E-state index contributed by atoms with van der Waals surface area (Å²) in [6.07, 6.45) is 1.67. The zero-order valence-corrected chi connectivity index (χ0v) is 10.8. The number of sulfonamides is 1. The number of nitrogens with zero attached hydrogens (tertiary/aromatic N) is 1. The van der Waals surface area contributed by atoms with Crippen LogP contribution in [-0.4, -0.2) is 55.9 Å². The van der Waals surface area contributed by atoms with Crippen LogP contribution in [-0.2, 0) is 19.6 Å². The minimum atomic E-state index is -3.33. The second-order valence-corrected chi connectivity index (χ2v) is 6.26. The number of carbonyl (C=O) groups is 1. The second kappa shape index (κ2) is 6.32. The first-order chi connectivity index (χ1) is 7.95. The van der Waals surface area contributed by atoms with Gasteiger partial charge in [-0.05, 0) is 19.3 Å². The molecule has 0 aromatic rings. The van der Waals surface area contributed by atoms with Crippen LogP contribution in [0, 0.1) is 0 Å². The van der Waals surface area contributed by atoms with E-state index in [9.17, 15) is 13.2 Å². The van der Waals surface area contributed by atoms with Gasteiger partial charge in [-0.25, -0.2) is 8.42 Å². The first kappa shape index (κ1) is 14.4. The van der Waals surface area contributed by atoms with Crippen LogP contribution in [0.1, 0.15) is 25.7 Å². The van der Waals surface area contributed by atoms with Gasteiger partial charge in [-0.15, -0.1) is 0 Å². The molecule has 1 atom stereocenters. The lowest BCUT2D eigenvalue weighted by atomic mass is 10.1. The fraction of sp³-hybridized carbons (Fsp3) is 0.900. The van der Waals surface area contributed by atoms with Crippen molar-refractivity contribution in [1.82, 2.24) is 4.31 Å². The molecule has 0 aromatic heterocycles. The highest BCUT2D eigenvalue weighted by atomic mass is 32.2. The van der Waals surface area contributed by atoms with Gasteiger partial charge in [0.25, 0.3) is 0 Å². The summed E-state index contributed by atoms with van der Waals surface area (Å²) < 4.78 is 30.4. The summed E-state index contributed by atoms with van der Waals surface area (Å²) in [6.45, 7) is 0.890. The molecule has 1 N–H and O–H groups in total. The molecule has 0 aromatic carbocycles. The molecule has 1 fully saturated rings. The third kappa shape index (κ3) is 4.61. The van der Waals surface area contributed by atoms with Gasteiger partial charge in [0.2, 0.25) is 10.0 Å². The van der Waals surface area contributed by atoms with Crippen molar-refractivity contribution in [3.63, 3.8) is 0 Å². The Labute approximate surface area is 102 Å². The Morgan fingerprint density at radius 1 is 1.53 bits per heavy atom. The van der Waals surface area contributed by atoms with Gasteiger partial charge in [-0.3, -0.25) is 4.79 Å². The standard InChI is InChI=1S/C10H19NO5S/c1-16-9-4-2-6-11(8-9)17(14,15)7-3-5-10(12)13/h9H,2-8H2,1H3,(H,12,13). The molecule has 1 aliphatic heterocycles. The van der Waals surface area contributed by atoms with E-state index in [4.69, 9.17) is 9.84 Å². The summed E-state index contributed by atoms with van der Waals surface area (Å²) in [5, 5.41) is 8.47. The Hall–Kier alpha value is -0.660. The van der Waals surface area contributed by atoms with Crippen molar-refractivity contribution < 1.29 is 23.1 Å². The van der Waals surface area contributed by atoms with Crippen molar-refractivity contribution >= 4 is 16.0 Å². The number of piperidine rings is 1. The third-order valence-electron chi connectivity index (χ3n) is 2.86. The van der Waals surface area contributed by atoms with E-state index in [0.29, 0.717) is 13.1 Å². The van der Waals surface area contributed by atoms with Gasteiger partial charge in [-0.2, -0.15) is 4.31 Å². The molecule has 6 nitrogen and oxygen atoms in total. The summed E-state index contributed by atoms with van der Waals surface area (Å²) in [6, 6.07) is 0. The number of methoxy groups -OCH3 is 1. The first-order valence-corrected chi connectivity index (χ1v) is 7.29. The molecular weight excluding hydrogens is 246 g/mol. The lowest BCUT2D eigenvalue weighted by Gasteiger charge is -2.31. The fourth-order valence-corrected chi connectivity index (χ4v) is 3.45. The Balaban J connectivity index is 2.48. The van der Waals surface area contributed by atoms with Crippen LogP contribution in [0.4, 0.5) is 0 Å². The van der Waals surface area contributed by atoms with Gasteiger partial charge in [0, 0.05) is 26.6 Å². The van der Waals surface area contributed by atoms with Crippen LogP contribution < -0.4 is 0 Å². The van der Waals surface area contributed by atoms with Crippen LogP contribution in [0.2, 0.25) is 0 Å². The van der Waals surface area contributed by atoms with Gasteiger partial charge in [0.05, 0.1) is 11.9 Å². The lowest BCUT2D eigenvalue weighted by molar-refractivity contribution is -0.137. The molecular formula is C10H19NO5S. The molecule has 1 aliphatic rings. The fourth-order valence-electron chi connectivity index (χ4n) is 1.88. The molecule has 0 saturated carbocycles. The maximum atomic E-state index is 11.9. The summed E-state index contributed by atoms with van der Waals surface area (Å²) in [5.74, 6) is -1.07. The molecule has 1 heterocycles. The Morgan fingerprint density at radius 2 is 2.24 bits per heavy atom. The van der Waals surface area contributed by atoms with Crippen molar-refractivity contribution in [3.05, 3.63) is 0 Å². The van der Waals surface area contributed by atoms with E-state index in [-0.39, 0.29) is 24.7 Å². The summed E-state index contributed by atoms with van der Waals surface area (Å²) >= 11 is 0. The van der Waals surface area contributed by atoms with E-state index in [1.165, 1.54) is 4.31 Å². The van der Waals surface area contributed by atoms with E-state index < -0.39 is 16.0 Å². The van der Waals surface area contributed by atoms with Crippen molar-refractivity contribution in [3.8, 4) is 0 Å². The highest BCUT2D eigenvalue weighted by Gasteiger charge is 2.28. The quantitative estimate of drug-likeness (QED) is 0.746. The van der Waals surface area contributed by atoms with E-state index in [0.717, 1.165) is 12.8 Å². The van der Waals surface area contributed by atoms with E-state index >= 15 is 0 Å². The topological polar surface area (TPSA) is 83.9 Å². The molecule has 0 bridgehead atoms. The minimum Gasteiger partial charge on any atom is -0.481 e. The highest BCUT2D eigenvalue weighted by molar-refractivity contribution is 7.89. The third-order valence-corrected chi connectivity index (χ3v) is 4.78. The average molecular weight is 265 g/mol. The van der Waals surface area contributed by atoms with Crippen molar-refractivity contribution in [2.24, 2.45) is 0 Å². The van der Waals surface area contributed by atoms with E-state index in [2.05, 4.69) is 0 Å². The molecule has 0 amide bonds. The van der Waals surface area contributed by atoms with E-state index in [1.807, 2.05) is 0 Å². The molecule has 1 rings (SSSR count). The molecule has 100 valence electrons. The van der Waals surface area contributed by atoms with Crippen LogP contribution in [0.3, 0.4) is 0 Å². The van der Waals surface area contributed by atoms with Crippen LogP contribution in [0.25, 0.3) is 0 Å². The van der Waals surface area contributed by atoms with Crippen molar-refractivity contribution in [2.75, 3.05) is 26.0 Å². The number of carboxylic acids is 1. The van der Waals surface area contributed by atoms with Gasteiger partial charge in [-0.1, -0.05) is 0 Å². The zero-order chi connectivity index (χ0) is 12.9. The summed E-state index contributed by atoms with van der Waals surface area (Å²) in [4.78, 5) is 10.3. The maximum Gasteiger partial charge on any atom is 0.303 e. The number of hydrogen-bond acceptors (Lipinski definition) is 4. The predicted octanol–water partition coefficient (Wildman–Crippen LogP) is 0.292. The van der Waals surface area contributed by atoms with Gasteiger partial charge in [0.1, 0.15) is 0 Å². The lowest BCUT2D eigenvalue weighted by Crippen LogP contribution is -2.43. The average Bonchev–Trinajstić information content (AvgIpc) is 2.28. The second-order valence-electron chi connectivity index (χ2n) is 4.17. The Morgan fingerprint density at radius 3 is 2.82 bits per heavy atom. The van der Waals surface area contributed by atoms with Crippen LogP contribution in [0.5, 0.6) is 0 Å². The number of rotatable bonds is 6. The SMILES string of the molecule is COC1CCCN(S(=O)(=O)CCCC(=O)O)C1.